The smallest absolute Gasteiger partial charge is 0.306 e. The molecule has 0 heterocycles. The number of ether oxygens (including phenoxy) is 3. The molecule has 0 saturated heterocycles. The van der Waals surface area contributed by atoms with Gasteiger partial charge in [-0.2, -0.15) is 0 Å². The molecule has 0 saturated carbocycles. The van der Waals surface area contributed by atoms with Crippen LogP contribution in [0.3, 0.4) is 0 Å². The molecule has 0 atom stereocenters. The zero-order chi connectivity index (χ0) is 47.2. The first kappa shape index (κ1) is 61.9. The van der Waals surface area contributed by atoms with Gasteiger partial charge in [-0.25, -0.2) is 0 Å². The van der Waals surface area contributed by atoms with Gasteiger partial charge in [0, 0.05) is 19.3 Å². The van der Waals surface area contributed by atoms with Crippen LogP contribution in [0, 0.1) is 0 Å². The van der Waals surface area contributed by atoms with Crippen molar-refractivity contribution < 1.29 is 28.6 Å². The van der Waals surface area contributed by atoms with E-state index < -0.39 is 6.10 Å². The van der Waals surface area contributed by atoms with E-state index in [-0.39, 0.29) is 37.5 Å². The third kappa shape index (κ3) is 51.7. The zero-order valence-corrected chi connectivity index (χ0v) is 42.7. The Hall–Kier alpha value is -3.15. The van der Waals surface area contributed by atoms with Gasteiger partial charge in [0.1, 0.15) is 13.2 Å². The first-order valence-corrected chi connectivity index (χ1v) is 27.4. The summed E-state index contributed by atoms with van der Waals surface area (Å²) >= 11 is 0. The summed E-state index contributed by atoms with van der Waals surface area (Å²) in [6.07, 6.45) is 67.4. The molecule has 0 aromatic carbocycles. The molecular formula is C59H102O6. The highest BCUT2D eigenvalue weighted by Crippen LogP contribution is 2.13. The molecule has 0 rings (SSSR count). The molecule has 6 heteroatoms. The Morgan fingerprint density at radius 3 is 0.954 bits per heavy atom. The first-order chi connectivity index (χ1) is 32.0. The SMILES string of the molecule is CCCCC/C=C\C/C=C\C/C=C\C/C=C\CCCC(=O)OC(COC(=O)CCCCCCC/C=C\CCCCCCCC)COC(=O)CCCCCCC/C=C\CCCCCCCC. The number of hydrogen-bond acceptors (Lipinski definition) is 6. The van der Waals surface area contributed by atoms with E-state index in [4.69, 9.17) is 14.2 Å². The molecule has 0 aliphatic rings. The predicted octanol–water partition coefficient (Wildman–Crippen LogP) is 18.2. The molecule has 0 N–H and O–H groups in total. The quantitative estimate of drug-likeness (QED) is 0.0262. The molecule has 374 valence electrons. The van der Waals surface area contributed by atoms with E-state index in [9.17, 15) is 14.4 Å². The van der Waals surface area contributed by atoms with E-state index in [2.05, 4.69) is 93.7 Å². The Kier molecular flexibility index (Phi) is 50.9. The van der Waals surface area contributed by atoms with Crippen LogP contribution in [0.25, 0.3) is 0 Å². The van der Waals surface area contributed by atoms with E-state index in [1.54, 1.807) is 0 Å². The second-order valence-corrected chi connectivity index (χ2v) is 18.1. The second kappa shape index (κ2) is 53.5. The topological polar surface area (TPSA) is 78.9 Å². The van der Waals surface area contributed by atoms with Crippen molar-refractivity contribution in [3.05, 3.63) is 72.9 Å². The van der Waals surface area contributed by atoms with Gasteiger partial charge in [0.05, 0.1) is 0 Å². The zero-order valence-electron chi connectivity index (χ0n) is 42.7. The molecule has 65 heavy (non-hydrogen) atoms. The highest BCUT2D eigenvalue weighted by molar-refractivity contribution is 5.71. The third-order valence-corrected chi connectivity index (χ3v) is 11.7. The van der Waals surface area contributed by atoms with Gasteiger partial charge in [-0.3, -0.25) is 14.4 Å². The van der Waals surface area contributed by atoms with Crippen molar-refractivity contribution in [2.45, 2.75) is 271 Å². The maximum Gasteiger partial charge on any atom is 0.306 e. The number of unbranched alkanes of at least 4 members (excludes halogenated alkanes) is 26. The highest BCUT2D eigenvalue weighted by atomic mass is 16.6. The van der Waals surface area contributed by atoms with Crippen LogP contribution in [-0.2, 0) is 28.6 Å². The molecular weight excluding hydrogens is 805 g/mol. The molecule has 0 aromatic heterocycles. The fraction of sp³-hybridized carbons (Fsp3) is 0.746. The van der Waals surface area contributed by atoms with Gasteiger partial charge in [-0.1, -0.05) is 209 Å². The van der Waals surface area contributed by atoms with Crippen molar-refractivity contribution >= 4 is 17.9 Å². The van der Waals surface area contributed by atoms with Gasteiger partial charge in [-0.15, -0.1) is 0 Å². The van der Waals surface area contributed by atoms with Crippen LogP contribution in [0.15, 0.2) is 72.9 Å². The number of esters is 3. The molecule has 0 unspecified atom stereocenters. The van der Waals surface area contributed by atoms with Crippen molar-refractivity contribution in [3.8, 4) is 0 Å². The molecule has 0 spiro atoms. The summed E-state index contributed by atoms with van der Waals surface area (Å²) in [5.74, 6) is -0.972. The third-order valence-electron chi connectivity index (χ3n) is 11.7. The summed E-state index contributed by atoms with van der Waals surface area (Å²) in [6, 6.07) is 0. The van der Waals surface area contributed by atoms with E-state index in [0.717, 1.165) is 77.0 Å². The number of carbonyl (C=O) groups is 3. The minimum Gasteiger partial charge on any atom is -0.462 e. The van der Waals surface area contributed by atoms with Crippen molar-refractivity contribution in [2.24, 2.45) is 0 Å². The lowest BCUT2D eigenvalue weighted by Gasteiger charge is -2.18. The van der Waals surface area contributed by atoms with Gasteiger partial charge in [0.15, 0.2) is 6.10 Å². The van der Waals surface area contributed by atoms with Gasteiger partial charge in [0.25, 0.3) is 0 Å². The number of allylic oxidation sites excluding steroid dienone is 12. The van der Waals surface area contributed by atoms with Gasteiger partial charge >= 0.3 is 17.9 Å². The van der Waals surface area contributed by atoms with Crippen LogP contribution in [0.2, 0.25) is 0 Å². The van der Waals surface area contributed by atoms with Crippen LogP contribution < -0.4 is 0 Å². The van der Waals surface area contributed by atoms with E-state index in [1.165, 1.54) is 141 Å². The Bertz CT molecular complexity index is 1170. The lowest BCUT2D eigenvalue weighted by atomic mass is 10.1. The minimum absolute atomic E-state index is 0.104. The molecule has 0 amide bonds. The molecule has 0 radical (unpaired) electrons. The summed E-state index contributed by atoms with van der Waals surface area (Å²) in [6.45, 7) is 6.55. The van der Waals surface area contributed by atoms with Crippen molar-refractivity contribution in [1.29, 1.82) is 0 Å². The van der Waals surface area contributed by atoms with Gasteiger partial charge < -0.3 is 14.2 Å². The highest BCUT2D eigenvalue weighted by Gasteiger charge is 2.19. The maximum absolute atomic E-state index is 12.8. The summed E-state index contributed by atoms with van der Waals surface area (Å²) in [4.78, 5) is 38.0. The summed E-state index contributed by atoms with van der Waals surface area (Å²) < 4.78 is 16.8. The molecule has 6 nitrogen and oxygen atoms in total. The Morgan fingerprint density at radius 1 is 0.308 bits per heavy atom. The van der Waals surface area contributed by atoms with Crippen LogP contribution in [0.5, 0.6) is 0 Å². The summed E-state index contributed by atoms with van der Waals surface area (Å²) in [5, 5.41) is 0. The van der Waals surface area contributed by atoms with Crippen LogP contribution >= 0.6 is 0 Å². The van der Waals surface area contributed by atoms with Crippen LogP contribution in [0.4, 0.5) is 0 Å². The fourth-order valence-corrected chi connectivity index (χ4v) is 7.48. The molecule has 0 aliphatic heterocycles. The average molecular weight is 907 g/mol. The second-order valence-electron chi connectivity index (χ2n) is 18.1. The van der Waals surface area contributed by atoms with Crippen molar-refractivity contribution in [2.75, 3.05) is 13.2 Å². The van der Waals surface area contributed by atoms with E-state index in [0.29, 0.717) is 19.3 Å². The lowest BCUT2D eigenvalue weighted by Crippen LogP contribution is -2.30. The summed E-state index contributed by atoms with van der Waals surface area (Å²) in [7, 11) is 0. The average Bonchev–Trinajstić information content (AvgIpc) is 3.30. The van der Waals surface area contributed by atoms with E-state index in [1.807, 2.05) is 0 Å². The fourth-order valence-electron chi connectivity index (χ4n) is 7.48. The summed E-state index contributed by atoms with van der Waals surface area (Å²) in [5.41, 5.74) is 0. The molecule has 0 aliphatic carbocycles. The molecule has 0 bridgehead atoms. The Balaban J connectivity index is 4.50. The first-order valence-electron chi connectivity index (χ1n) is 27.4. The van der Waals surface area contributed by atoms with Gasteiger partial charge in [0.2, 0.25) is 0 Å². The maximum atomic E-state index is 12.8. The molecule has 0 fully saturated rings. The molecule has 0 aromatic rings. The minimum atomic E-state index is -0.810. The van der Waals surface area contributed by atoms with E-state index >= 15 is 0 Å². The van der Waals surface area contributed by atoms with Crippen molar-refractivity contribution in [1.82, 2.24) is 0 Å². The van der Waals surface area contributed by atoms with Crippen LogP contribution in [0.1, 0.15) is 265 Å². The Morgan fingerprint density at radius 2 is 0.569 bits per heavy atom. The largest absolute Gasteiger partial charge is 0.462 e. The monoisotopic (exact) mass is 907 g/mol. The predicted molar refractivity (Wildman–Crippen MR) is 279 cm³/mol. The number of carbonyl (C=O) groups excluding carboxylic acids is 3. The Labute approximate surface area is 402 Å². The number of hydrogen-bond donors (Lipinski definition) is 0. The standard InChI is InChI=1S/C59H102O6/c1-4-7-10-13-16-19-22-25-28-29-32-35-38-41-44-47-50-53-59(62)65-56(54-63-57(60)51-48-45-42-39-36-33-30-26-23-20-17-14-11-8-5-2)55-64-58(61)52-49-46-43-40-37-34-31-27-24-21-18-15-12-9-6-3/h16,19,25-28,30-32,35,41,44,56H,4-15,17-18,20-24,29,33-34,36-40,42-43,45-55H2,1-3H3/b19-16-,28-25-,30-26-,31-27-,35-32-,44-41-. The number of rotatable bonds is 49. The van der Waals surface area contributed by atoms with Crippen LogP contribution in [-0.4, -0.2) is 37.2 Å². The van der Waals surface area contributed by atoms with Gasteiger partial charge in [-0.05, 0) is 109 Å². The van der Waals surface area contributed by atoms with Crippen molar-refractivity contribution in [3.63, 3.8) is 0 Å². The normalized spacial score (nSPS) is 12.2. The lowest BCUT2D eigenvalue weighted by molar-refractivity contribution is -0.167.